The molecule has 0 saturated carbocycles. The molecule has 140 valence electrons. The molecule has 1 N–H and O–H groups in total. The van der Waals surface area contributed by atoms with Crippen LogP contribution in [0.1, 0.15) is 42.3 Å². The number of H-pyrrole nitrogens is 1. The first kappa shape index (κ1) is 19.3. The molecule has 1 heterocycles. The molecule has 0 radical (unpaired) electrons. The van der Waals surface area contributed by atoms with E-state index in [-0.39, 0.29) is 6.61 Å². The summed E-state index contributed by atoms with van der Waals surface area (Å²) in [4.78, 5) is 0. The lowest BCUT2D eigenvalue weighted by atomic mass is 10.0. The van der Waals surface area contributed by atoms with E-state index in [1.807, 2.05) is 37.3 Å². The fraction of sp³-hybridized carbons (Fsp3) is 0.250. The molecule has 2 aromatic carbocycles. The first-order chi connectivity index (χ1) is 13.0. The largest absolute Gasteiger partial charge is 0.485 e. The summed E-state index contributed by atoms with van der Waals surface area (Å²) in [6.45, 7) is 6.57. The predicted molar refractivity (Wildman–Crippen MR) is 111 cm³/mol. The van der Waals surface area contributed by atoms with Crippen LogP contribution in [0.5, 0.6) is 5.75 Å². The topological polar surface area (TPSA) is 55.2 Å². The van der Waals surface area contributed by atoms with Crippen molar-refractivity contribution >= 4 is 30.0 Å². The number of ether oxygens (including phenoxy) is 1. The van der Waals surface area contributed by atoms with Gasteiger partial charge in [-0.15, -0.1) is 0 Å². The molecular formula is C20H21ClN4OS. The number of aryl methyl sites for hydroxylation is 1. The minimum atomic E-state index is 0.246. The van der Waals surface area contributed by atoms with Gasteiger partial charge in [-0.3, -0.25) is 0 Å². The van der Waals surface area contributed by atoms with Gasteiger partial charge in [0.25, 0.3) is 0 Å². The molecule has 3 aromatic rings. The smallest absolute Gasteiger partial charge is 0.216 e. The maximum absolute atomic E-state index is 6.17. The van der Waals surface area contributed by atoms with Gasteiger partial charge in [-0.1, -0.05) is 55.8 Å². The number of hydrogen-bond donors (Lipinski definition) is 1. The molecule has 0 saturated heterocycles. The Labute approximate surface area is 168 Å². The van der Waals surface area contributed by atoms with Gasteiger partial charge < -0.3 is 4.74 Å². The van der Waals surface area contributed by atoms with E-state index < -0.39 is 0 Å². The predicted octanol–water partition coefficient (Wildman–Crippen LogP) is 5.49. The Morgan fingerprint density at radius 2 is 2.07 bits per heavy atom. The second kappa shape index (κ2) is 8.50. The van der Waals surface area contributed by atoms with Crippen LogP contribution in [0.4, 0.5) is 0 Å². The van der Waals surface area contributed by atoms with Crippen LogP contribution in [0.15, 0.2) is 47.6 Å². The molecule has 1 aromatic heterocycles. The Kier molecular flexibility index (Phi) is 6.08. The minimum Gasteiger partial charge on any atom is -0.485 e. The highest BCUT2D eigenvalue weighted by atomic mass is 35.5. The number of aromatic amines is 1. The third-order valence-corrected chi connectivity index (χ3v) is 4.69. The van der Waals surface area contributed by atoms with Gasteiger partial charge in [-0.05, 0) is 48.3 Å². The molecule has 0 aliphatic carbocycles. The summed E-state index contributed by atoms with van der Waals surface area (Å²) in [5, 5.41) is 12.0. The van der Waals surface area contributed by atoms with E-state index in [2.05, 4.69) is 41.3 Å². The van der Waals surface area contributed by atoms with Gasteiger partial charge in [0.15, 0.2) is 5.82 Å². The maximum atomic E-state index is 6.17. The number of nitrogens with one attached hydrogen (secondary N) is 1. The number of rotatable bonds is 6. The summed E-state index contributed by atoms with van der Waals surface area (Å²) in [6.07, 6.45) is 1.66. The molecule has 0 bridgehead atoms. The molecule has 3 rings (SSSR count). The summed E-state index contributed by atoms with van der Waals surface area (Å²) in [5.41, 5.74) is 3.10. The Bertz CT molecular complexity index is 1020. The third kappa shape index (κ3) is 4.64. The SMILES string of the molecule is Cc1ccc(C(C)C)c(OCc2n[nH]c(=S)n2/N=C\c2ccccc2Cl)c1. The molecule has 0 spiro atoms. The second-order valence-electron chi connectivity index (χ2n) is 6.51. The Balaban J connectivity index is 1.83. The first-order valence-electron chi connectivity index (χ1n) is 8.64. The average Bonchev–Trinajstić information content (AvgIpc) is 2.99. The average molecular weight is 401 g/mol. The lowest BCUT2D eigenvalue weighted by Gasteiger charge is -2.14. The van der Waals surface area contributed by atoms with Crippen molar-refractivity contribution < 1.29 is 4.74 Å². The minimum absolute atomic E-state index is 0.246. The molecular weight excluding hydrogens is 380 g/mol. The van der Waals surface area contributed by atoms with Gasteiger partial charge in [0.05, 0.1) is 6.21 Å². The van der Waals surface area contributed by atoms with Crippen LogP contribution < -0.4 is 4.74 Å². The van der Waals surface area contributed by atoms with Crippen LogP contribution in [-0.2, 0) is 6.61 Å². The standard InChI is InChI=1S/C20H21ClN4OS/c1-13(2)16-9-8-14(3)10-18(16)26-12-19-23-24-20(27)25(19)22-11-15-6-4-5-7-17(15)21/h4-11,13H,12H2,1-3H3,(H,24,27)/b22-11-. The van der Waals surface area contributed by atoms with Crippen molar-refractivity contribution in [2.75, 3.05) is 0 Å². The van der Waals surface area contributed by atoms with E-state index in [9.17, 15) is 0 Å². The third-order valence-electron chi connectivity index (χ3n) is 4.08. The summed E-state index contributed by atoms with van der Waals surface area (Å²) < 4.78 is 7.98. The fourth-order valence-electron chi connectivity index (χ4n) is 2.62. The highest BCUT2D eigenvalue weighted by Crippen LogP contribution is 2.28. The molecule has 0 aliphatic rings. The van der Waals surface area contributed by atoms with Crippen LogP contribution in [0.25, 0.3) is 0 Å². The van der Waals surface area contributed by atoms with Crippen LogP contribution in [0.2, 0.25) is 5.02 Å². The molecule has 0 atom stereocenters. The van der Waals surface area contributed by atoms with E-state index >= 15 is 0 Å². The quantitative estimate of drug-likeness (QED) is 0.439. The highest BCUT2D eigenvalue weighted by molar-refractivity contribution is 7.71. The summed E-state index contributed by atoms with van der Waals surface area (Å²) in [6, 6.07) is 13.7. The number of halogens is 1. The van der Waals surface area contributed by atoms with Crippen LogP contribution in [-0.4, -0.2) is 21.1 Å². The monoisotopic (exact) mass is 400 g/mol. The van der Waals surface area contributed by atoms with Crippen molar-refractivity contribution in [1.29, 1.82) is 0 Å². The Morgan fingerprint density at radius 3 is 2.81 bits per heavy atom. The van der Waals surface area contributed by atoms with Gasteiger partial charge in [0.1, 0.15) is 12.4 Å². The number of aromatic nitrogens is 3. The van der Waals surface area contributed by atoms with Crippen LogP contribution in [0, 0.1) is 11.7 Å². The zero-order valence-electron chi connectivity index (χ0n) is 15.4. The van der Waals surface area contributed by atoms with Gasteiger partial charge >= 0.3 is 0 Å². The van der Waals surface area contributed by atoms with Gasteiger partial charge in [-0.2, -0.15) is 14.9 Å². The van der Waals surface area contributed by atoms with E-state index in [4.69, 9.17) is 28.6 Å². The fourth-order valence-corrected chi connectivity index (χ4v) is 3.01. The molecule has 0 aliphatic heterocycles. The summed E-state index contributed by atoms with van der Waals surface area (Å²) >= 11 is 11.5. The lowest BCUT2D eigenvalue weighted by molar-refractivity contribution is 0.286. The van der Waals surface area contributed by atoms with Gasteiger partial charge in [0.2, 0.25) is 4.77 Å². The van der Waals surface area contributed by atoms with E-state index in [0.717, 1.165) is 22.4 Å². The van der Waals surface area contributed by atoms with Gasteiger partial charge in [0, 0.05) is 10.6 Å². The molecule has 0 unspecified atom stereocenters. The molecule has 0 amide bonds. The molecule has 27 heavy (non-hydrogen) atoms. The molecule has 5 nitrogen and oxygen atoms in total. The van der Waals surface area contributed by atoms with Crippen molar-refractivity contribution in [2.45, 2.75) is 33.3 Å². The zero-order valence-corrected chi connectivity index (χ0v) is 17.0. The van der Waals surface area contributed by atoms with Crippen LogP contribution >= 0.6 is 23.8 Å². The maximum Gasteiger partial charge on any atom is 0.216 e. The second-order valence-corrected chi connectivity index (χ2v) is 7.30. The van der Waals surface area contributed by atoms with E-state index in [1.165, 1.54) is 0 Å². The molecule has 0 fully saturated rings. The molecule has 7 heteroatoms. The Hall–Kier alpha value is -2.44. The highest BCUT2D eigenvalue weighted by Gasteiger charge is 2.11. The van der Waals surface area contributed by atoms with Crippen molar-refractivity contribution in [3.05, 3.63) is 74.8 Å². The number of nitrogens with zero attached hydrogens (tertiary/aromatic N) is 3. The van der Waals surface area contributed by atoms with Crippen molar-refractivity contribution in [1.82, 2.24) is 14.9 Å². The number of hydrogen-bond acceptors (Lipinski definition) is 4. The lowest BCUT2D eigenvalue weighted by Crippen LogP contribution is -2.06. The summed E-state index contributed by atoms with van der Waals surface area (Å²) in [7, 11) is 0. The first-order valence-corrected chi connectivity index (χ1v) is 9.43. The van der Waals surface area contributed by atoms with E-state index in [1.54, 1.807) is 10.9 Å². The van der Waals surface area contributed by atoms with Crippen LogP contribution in [0.3, 0.4) is 0 Å². The normalized spacial score (nSPS) is 11.4. The van der Waals surface area contributed by atoms with Crippen molar-refractivity contribution in [2.24, 2.45) is 5.10 Å². The van der Waals surface area contributed by atoms with E-state index in [0.29, 0.717) is 21.5 Å². The van der Waals surface area contributed by atoms with Crippen molar-refractivity contribution in [3.63, 3.8) is 0 Å². The number of benzene rings is 2. The zero-order chi connectivity index (χ0) is 19.4. The summed E-state index contributed by atoms with van der Waals surface area (Å²) in [5.74, 6) is 1.79. The Morgan fingerprint density at radius 1 is 1.30 bits per heavy atom. The van der Waals surface area contributed by atoms with Gasteiger partial charge in [-0.25, -0.2) is 5.10 Å². The van der Waals surface area contributed by atoms with Crippen molar-refractivity contribution in [3.8, 4) is 5.75 Å².